The molecule has 2 aromatic rings. The fourth-order valence-electron chi connectivity index (χ4n) is 2.16. The minimum Gasteiger partial charge on any atom is -0.487 e. The number of anilines is 1. The van der Waals surface area contributed by atoms with E-state index in [4.69, 9.17) is 9.47 Å². The summed E-state index contributed by atoms with van der Waals surface area (Å²) in [5, 5.41) is 13.4. The summed E-state index contributed by atoms with van der Waals surface area (Å²) in [6.07, 6.45) is -1.30. The predicted molar refractivity (Wildman–Crippen MR) is 94.1 cm³/mol. The van der Waals surface area contributed by atoms with Crippen LogP contribution < -0.4 is 10.1 Å². The van der Waals surface area contributed by atoms with Crippen molar-refractivity contribution in [2.45, 2.75) is 20.0 Å². The van der Waals surface area contributed by atoms with Gasteiger partial charge in [0.15, 0.2) is 23.5 Å². The normalized spacial score (nSPS) is 11.4. The lowest BCUT2D eigenvalue weighted by atomic mass is 10.2. The zero-order valence-corrected chi connectivity index (χ0v) is 14.9. The second-order valence-electron chi connectivity index (χ2n) is 5.54. The molecule has 0 radical (unpaired) electrons. The van der Waals surface area contributed by atoms with Gasteiger partial charge >= 0.3 is 11.7 Å². The minimum absolute atomic E-state index is 0.00632. The Morgan fingerprint density at radius 3 is 2.50 bits per heavy atom. The van der Waals surface area contributed by atoms with Crippen LogP contribution in [0.25, 0.3) is 0 Å². The van der Waals surface area contributed by atoms with Gasteiger partial charge in [-0.1, -0.05) is 0 Å². The predicted octanol–water partition coefficient (Wildman–Crippen LogP) is 3.46. The van der Waals surface area contributed by atoms with Crippen molar-refractivity contribution in [3.8, 4) is 5.75 Å². The molecule has 10 heteroatoms. The molecule has 0 bridgehead atoms. The average molecular weight is 394 g/mol. The number of carbonyl (C=O) groups excluding carboxylic acids is 2. The van der Waals surface area contributed by atoms with Gasteiger partial charge in [0.25, 0.3) is 5.91 Å². The van der Waals surface area contributed by atoms with Crippen LogP contribution in [0, 0.1) is 21.7 Å². The maximum absolute atomic E-state index is 13.2. The Labute approximate surface area is 158 Å². The van der Waals surface area contributed by atoms with E-state index in [1.54, 1.807) is 6.92 Å². The van der Waals surface area contributed by atoms with Crippen LogP contribution in [0.1, 0.15) is 24.2 Å². The first kappa shape index (κ1) is 20.7. The highest BCUT2D eigenvalue weighted by atomic mass is 19.2. The quantitative estimate of drug-likeness (QED) is 0.438. The number of esters is 1. The van der Waals surface area contributed by atoms with Crippen molar-refractivity contribution in [1.82, 2.24) is 0 Å². The van der Waals surface area contributed by atoms with Crippen LogP contribution in [-0.4, -0.2) is 29.5 Å². The van der Waals surface area contributed by atoms with E-state index < -0.39 is 40.2 Å². The highest BCUT2D eigenvalue weighted by Crippen LogP contribution is 2.28. The fraction of sp³-hybridized carbons (Fsp3) is 0.222. The van der Waals surface area contributed by atoms with Crippen LogP contribution in [0.2, 0.25) is 0 Å². The largest absolute Gasteiger partial charge is 0.487 e. The number of nitro groups is 1. The Morgan fingerprint density at radius 2 is 1.89 bits per heavy atom. The Balaban J connectivity index is 2.08. The number of nitrogens with zero attached hydrogens (tertiary/aromatic N) is 1. The zero-order chi connectivity index (χ0) is 20.8. The third-order valence-electron chi connectivity index (χ3n) is 3.53. The highest BCUT2D eigenvalue weighted by molar-refractivity contribution is 5.97. The van der Waals surface area contributed by atoms with Crippen LogP contribution in [0.3, 0.4) is 0 Å². The van der Waals surface area contributed by atoms with E-state index in [2.05, 4.69) is 5.32 Å². The molecule has 1 atom stereocenters. The van der Waals surface area contributed by atoms with Gasteiger partial charge in [0, 0.05) is 17.8 Å². The zero-order valence-electron chi connectivity index (χ0n) is 14.9. The number of amides is 1. The van der Waals surface area contributed by atoms with Gasteiger partial charge in [0.1, 0.15) is 0 Å². The fourth-order valence-corrected chi connectivity index (χ4v) is 2.16. The average Bonchev–Trinajstić information content (AvgIpc) is 2.64. The van der Waals surface area contributed by atoms with E-state index in [-0.39, 0.29) is 23.6 Å². The first-order valence-corrected chi connectivity index (χ1v) is 8.11. The molecule has 1 amide bonds. The first-order chi connectivity index (χ1) is 13.2. The van der Waals surface area contributed by atoms with E-state index in [0.717, 1.165) is 24.3 Å². The molecule has 0 heterocycles. The number of hydrogen-bond donors (Lipinski definition) is 1. The number of rotatable bonds is 7. The molecule has 0 aliphatic carbocycles. The van der Waals surface area contributed by atoms with Crippen LogP contribution in [0.5, 0.6) is 5.75 Å². The van der Waals surface area contributed by atoms with Gasteiger partial charge in [-0.05, 0) is 38.1 Å². The van der Waals surface area contributed by atoms with Gasteiger partial charge in [0.2, 0.25) is 0 Å². The molecule has 0 saturated heterocycles. The van der Waals surface area contributed by atoms with Crippen molar-refractivity contribution in [3.63, 3.8) is 0 Å². The maximum Gasteiger partial charge on any atom is 0.339 e. The van der Waals surface area contributed by atoms with Gasteiger partial charge in [-0.3, -0.25) is 14.9 Å². The van der Waals surface area contributed by atoms with E-state index in [1.807, 2.05) is 0 Å². The van der Waals surface area contributed by atoms with Gasteiger partial charge in [0.05, 0.1) is 17.1 Å². The number of nitro benzene ring substituents is 1. The molecule has 0 aromatic heterocycles. The standard InChI is InChI=1S/C18H16F2N2O6/c1-3-27-16-7-4-11(8-15(16)22(25)26)18(24)28-10(2)17(23)21-12-5-6-13(19)14(20)9-12/h4-10H,3H2,1-2H3,(H,21,23)/t10-/m1/s1. The molecule has 0 saturated carbocycles. The molecule has 0 spiro atoms. The summed E-state index contributed by atoms with van der Waals surface area (Å²) in [7, 11) is 0. The topological polar surface area (TPSA) is 108 Å². The lowest BCUT2D eigenvalue weighted by Crippen LogP contribution is -2.30. The Kier molecular flexibility index (Phi) is 6.59. The van der Waals surface area contributed by atoms with E-state index in [0.29, 0.717) is 0 Å². The van der Waals surface area contributed by atoms with Gasteiger partial charge < -0.3 is 14.8 Å². The monoisotopic (exact) mass is 394 g/mol. The van der Waals surface area contributed by atoms with Gasteiger partial charge in [-0.2, -0.15) is 0 Å². The molecule has 1 N–H and O–H groups in total. The van der Waals surface area contributed by atoms with Crippen LogP contribution in [0.15, 0.2) is 36.4 Å². The third kappa shape index (κ3) is 5.00. The molecule has 2 rings (SSSR count). The summed E-state index contributed by atoms with van der Waals surface area (Å²) in [5.74, 6) is -3.99. The van der Waals surface area contributed by atoms with Crippen molar-refractivity contribution in [2.24, 2.45) is 0 Å². The molecule has 2 aromatic carbocycles. The summed E-state index contributed by atoms with van der Waals surface area (Å²) in [6, 6.07) is 6.25. The number of benzene rings is 2. The van der Waals surface area contributed by atoms with Crippen molar-refractivity contribution in [3.05, 3.63) is 63.7 Å². The van der Waals surface area contributed by atoms with E-state index in [9.17, 15) is 28.5 Å². The maximum atomic E-state index is 13.2. The van der Waals surface area contributed by atoms with E-state index >= 15 is 0 Å². The number of nitrogens with one attached hydrogen (secondary N) is 1. The molecule has 8 nitrogen and oxygen atoms in total. The molecule has 0 fully saturated rings. The van der Waals surface area contributed by atoms with Crippen molar-refractivity contribution < 1.29 is 32.8 Å². The Bertz CT molecular complexity index is 919. The summed E-state index contributed by atoms with van der Waals surface area (Å²) < 4.78 is 36.2. The first-order valence-electron chi connectivity index (χ1n) is 8.11. The van der Waals surface area contributed by atoms with E-state index in [1.165, 1.54) is 19.1 Å². The molecule has 0 unspecified atom stereocenters. The Morgan fingerprint density at radius 1 is 1.18 bits per heavy atom. The lowest BCUT2D eigenvalue weighted by Gasteiger charge is -2.14. The lowest BCUT2D eigenvalue weighted by molar-refractivity contribution is -0.385. The minimum atomic E-state index is -1.30. The number of halogens is 2. The second-order valence-corrected chi connectivity index (χ2v) is 5.54. The van der Waals surface area contributed by atoms with Crippen LogP contribution in [0.4, 0.5) is 20.2 Å². The molecule has 28 heavy (non-hydrogen) atoms. The third-order valence-corrected chi connectivity index (χ3v) is 3.53. The number of hydrogen-bond acceptors (Lipinski definition) is 6. The van der Waals surface area contributed by atoms with Gasteiger partial charge in [-0.25, -0.2) is 13.6 Å². The smallest absolute Gasteiger partial charge is 0.339 e. The second kappa shape index (κ2) is 8.89. The molecule has 148 valence electrons. The van der Waals surface area contributed by atoms with Crippen LogP contribution >= 0.6 is 0 Å². The van der Waals surface area contributed by atoms with Crippen molar-refractivity contribution in [2.75, 3.05) is 11.9 Å². The highest BCUT2D eigenvalue weighted by Gasteiger charge is 2.23. The Hall–Kier alpha value is -3.56. The van der Waals surface area contributed by atoms with Crippen molar-refractivity contribution in [1.29, 1.82) is 0 Å². The van der Waals surface area contributed by atoms with Crippen molar-refractivity contribution >= 4 is 23.3 Å². The SMILES string of the molecule is CCOc1ccc(C(=O)O[C@H](C)C(=O)Nc2ccc(F)c(F)c2)cc1[N+](=O)[O-]. The number of carbonyl (C=O) groups is 2. The molecule has 0 aliphatic rings. The molecular formula is C18H16F2N2O6. The van der Waals surface area contributed by atoms with Crippen LogP contribution in [-0.2, 0) is 9.53 Å². The summed E-state index contributed by atoms with van der Waals surface area (Å²) in [4.78, 5) is 34.6. The number of ether oxygens (including phenoxy) is 2. The molecule has 0 aliphatic heterocycles. The molecular weight excluding hydrogens is 378 g/mol. The summed E-state index contributed by atoms with van der Waals surface area (Å²) in [6.45, 7) is 3.11. The summed E-state index contributed by atoms with van der Waals surface area (Å²) in [5.41, 5.74) is -0.596. The van der Waals surface area contributed by atoms with Gasteiger partial charge in [-0.15, -0.1) is 0 Å². The summed E-state index contributed by atoms with van der Waals surface area (Å²) >= 11 is 0.